The maximum Gasteiger partial charge on any atom is 0.227 e. The van der Waals surface area contributed by atoms with Gasteiger partial charge in [0.25, 0.3) is 0 Å². The van der Waals surface area contributed by atoms with Crippen molar-refractivity contribution < 1.29 is 4.74 Å². The molecular weight excluding hydrogens is 476 g/mol. The number of piperazine rings is 1. The summed E-state index contributed by atoms with van der Waals surface area (Å²) in [4.78, 5) is 18.6. The number of ether oxygens (including phenoxy) is 1. The molecule has 1 N–H and O–H groups in total. The summed E-state index contributed by atoms with van der Waals surface area (Å²) in [6, 6.07) is 14.4. The van der Waals surface area contributed by atoms with E-state index >= 15 is 0 Å². The Labute approximate surface area is 223 Å². The largest absolute Gasteiger partial charge is 0.380 e. The van der Waals surface area contributed by atoms with E-state index in [2.05, 4.69) is 63.2 Å². The molecule has 0 spiro atoms. The molecule has 2 aliphatic rings. The lowest BCUT2D eigenvalue weighted by atomic mass is 9.88. The minimum Gasteiger partial charge on any atom is -0.380 e. The van der Waals surface area contributed by atoms with Crippen LogP contribution >= 0.6 is 0 Å². The van der Waals surface area contributed by atoms with Crippen molar-refractivity contribution in [3.63, 3.8) is 0 Å². The normalized spacial score (nSPS) is 17.3. The van der Waals surface area contributed by atoms with Gasteiger partial charge in [-0.3, -0.25) is 14.6 Å². The van der Waals surface area contributed by atoms with Crippen LogP contribution in [0.2, 0.25) is 0 Å². The first-order valence-corrected chi connectivity index (χ1v) is 13.3. The molecule has 6 rings (SSSR count). The zero-order valence-electron chi connectivity index (χ0n) is 22.0. The van der Waals surface area contributed by atoms with Crippen LogP contribution in [0, 0.1) is 5.41 Å². The third kappa shape index (κ3) is 5.25. The fourth-order valence-corrected chi connectivity index (χ4v) is 5.19. The highest BCUT2D eigenvalue weighted by Crippen LogP contribution is 2.31. The monoisotopic (exact) mass is 510 g/mol. The number of nitrogens with one attached hydrogen (secondary N) is 1. The highest BCUT2D eigenvalue weighted by atomic mass is 16.5. The van der Waals surface area contributed by atoms with Gasteiger partial charge >= 0.3 is 0 Å². The fourth-order valence-electron chi connectivity index (χ4n) is 5.19. The van der Waals surface area contributed by atoms with Crippen molar-refractivity contribution >= 4 is 17.3 Å². The Morgan fingerprint density at radius 1 is 1.00 bits per heavy atom. The van der Waals surface area contributed by atoms with Crippen LogP contribution in [0.5, 0.6) is 0 Å². The average molecular weight is 511 g/mol. The maximum atomic E-state index is 5.42. The molecule has 4 aromatic rings. The van der Waals surface area contributed by atoms with Gasteiger partial charge in [-0.15, -0.1) is 0 Å². The van der Waals surface area contributed by atoms with E-state index in [1.165, 1.54) is 5.69 Å². The lowest BCUT2D eigenvalue weighted by molar-refractivity contribution is -0.115. The lowest BCUT2D eigenvalue weighted by Crippen LogP contribution is -2.54. The Hall–Kier alpha value is -3.82. The topological polar surface area (TPSA) is 84.2 Å². The summed E-state index contributed by atoms with van der Waals surface area (Å²) in [6.45, 7) is 12.4. The first-order valence-electron chi connectivity index (χ1n) is 13.3. The van der Waals surface area contributed by atoms with Gasteiger partial charge < -0.3 is 15.0 Å². The van der Waals surface area contributed by atoms with E-state index in [1.807, 2.05) is 35.3 Å². The van der Waals surface area contributed by atoms with Crippen LogP contribution in [-0.4, -0.2) is 75.6 Å². The number of nitrogens with zero attached hydrogens (tertiary/aromatic N) is 7. The predicted molar refractivity (Wildman–Crippen MR) is 149 cm³/mol. The highest BCUT2D eigenvalue weighted by Gasteiger charge is 2.35. The van der Waals surface area contributed by atoms with Crippen LogP contribution in [0.3, 0.4) is 0 Å². The van der Waals surface area contributed by atoms with Crippen molar-refractivity contribution in [3.8, 4) is 22.5 Å². The molecule has 2 aliphatic heterocycles. The van der Waals surface area contributed by atoms with Crippen molar-refractivity contribution in [3.05, 3.63) is 67.3 Å². The molecule has 9 heteroatoms. The zero-order chi connectivity index (χ0) is 26.0. The first kappa shape index (κ1) is 24.5. The van der Waals surface area contributed by atoms with Crippen LogP contribution in [0.15, 0.2) is 67.3 Å². The lowest BCUT2D eigenvalue weighted by Gasteiger charge is -2.44. The molecule has 0 amide bonds. The van der Waals surface area contributed by atoms with Gasteiger partial charge in [0.2, 0.25) is 5.95 Å². The number of hydrogen-bond acceptors (Lipinski definition) is 8. The molecular formula is C29H34N8O. The number of pyridine rings is 1. The molecule has 0 radical (unpaired) electrons. The summed E-state index contributed by atoms with van der Waals surface area (Å²) in [5, 5.41) is 8.12. The second-order valence-corrected chi connectivity index (χ2v) is 10.5. The van der Waals surface area contributed by atoms with Gasteiger partial charge in [0.1, 0.15) is 5.69 Å². The predicted octanol–water partition coefficient (Wildman–Crippen LogP) is 4.32. The van der Waals surface area contributed by atoms with E-state index in [4.69, 9.17) is 14.8 Å². The molecule has 2 fully saturated rings. The molecule has 38 heavy (non-hydrogen) atoms. The smallest absolute Gasteiger partial charge is 0.227 e. The van der Waals surface area contributed by atoms with E-state index in [0.717, 1.165) is 80.7 Å². The average Bonchev–Trinajstić information content (AvgIpc) is 3.39. The molecule has 0 unspecified atom stereocenters. The quantitative estimate of drug-likeness (QED) is 0.375. The van der Waals surface area contributed by atoms with E-state index in [0.29, 0.717) is 11.4 Å². The van der Waals surface area contributed by atoms with Crippen LogP contribution in [-0.2, 0) is 11.3 Å². The standard InChI is InChI=1S/C29H34N8O/c1-3-37-18-25(27(34-37)22-5-4-11-30-17-22)26-10-12-31-28(33-26)32-23-6-8-24(9-7-23)36-15-13-35(14-16-36)19-29(2)20-38-21-29/h4-12,17-18H,3,13-16,19-21H2,1-2H3,(H,31,32,33). The number of aromatic nitrogens is 5. The number of aryl methyl sites for hydroxylation is 1. The van der Waals surface area contributed by atoms with Crippen LogP contribution in [0.25, 0.3) is 22.5 Å². The van der Waals surface area contributed by atoms with E-state index in [-0.39, 0.29) is 0 Å². The van der Waals surface area contributed by atoms with Crippen molar-refractivity contribution in [2.24, 2.45) is 5.41 Å². The summed E-state index contributed by atoms with van der Waals surface area (Å²) in [6.07, 6.45) is 7.41. The molecule has 196 valence electrons. The zero-order valence-corrected chi connectivity index (χ0v) is 22.0. The van der Waals surface area contributed by atoms with E-state index in [1.54, 1.807) is 12.4 Å². The Morgan fingerprint density at radius 2 is 1.82 bits per heavy atom. The molecule has 5 heterocycles. The van der Waals surface area contributed by atoms with Gasteiger partial charge in [0.15, 0.2) is 0 Å². The van der Waals surface area contributed by atoms with E-state index < -0.39 is 0 Å². The highest BCUT2D eigenvalue weighted by molar-refractivity contribution is 5.78. The summed E-state index contributed by atoms with van der Waals surface area (Å²) < 4.78 is 7.35. The molecule has 0 atom stereocenters. The number of rotatable bonds is 8. The van der Waals surface area contributed by atoms with Crippen molar-refractivity contribution in [2.45, 2.75) is 20.4 Å². The van der Waals surface area contributed by atoms with Crippen molar-refractivity contribution in [1.82, 2.24) is 29.6 Å². The van der Waals surface area contributed by atoms with Gasteiger partial charge in [-0.1, -0.05) is 6.92 Å². The third-order valence-electron chi connectivity index (χ3n) is 7.32. The van der Waals surface area contributed by atoms with E-state index in [9.17, 15) is 0 Å². The van der Waals surface area contributed by atoms with Gasteiger partial charge in [-0.2, -0.15) is 5.10 Å². The summed E-state index contributed by atoms with van der Waals surface area (Å²) in [5.41, 5.74) is 6.15. The molecule has 2 saturated heterocycles. The second-order valence-electron chi connectivity index (χ2n) is 10.5. The van der Waals surface area contributed by atoms with Crippen LogP contribution in [0.1, 0.15) is 13.8 Å². The third-order valence-corrected chi connectivity index (χ3v) is 7.32. The number of hydrogen-bond donors (Lipinski definition) is 1. The summed E-state index contributed by atoms with van der Waals surface area (Å²) >= 11 is 0. The Kier molecular flexibility index (Phi) is 6.78. The van der Waals surface area contributed by atoms with Crippen molar-refractivity contribution in [1.29, 1.82) is 0 Å². The number of benzene rings is 1. The van der Waals surface area contributed by atoms with Gasteiger partial charge in [-0.25, -0.2) is 9.97 Å². The second kappa shape index (κ2) is 10.5. The van der Waals surface area contributed by atoms with Crippen LogP contribution in [0.4, 0.5) is 17.3 Å². The van der Waals surface area contributed by atoms with Gasteiger partial charge in [0.05, 0.1) is 18.9 Å². The molecule has 1 aromatic carbocycles. The van der Waals surface area contributed by atoms with Crippen molar-refractivity contribution in [2.75, 3.05) is 56.2 Å². The first-order chi connectivity index (χ1) is 18.6. The number of anilines is 3. The minimum atomic E-state index is 0.339. The fraction of sp³-hybridized carbons (Fsp3) is 0.379. The molecule has 0 bridgehead atoms. The van der Waals surface area contributed by atoms with Crippen LogP contribution < -0.4 is 10.2 Å². The molecule has 0 aliphatic carbocycles. The Bertz CT molecular complexity index is 1360. The summed E-state index contributed by atoms with van der Waals surface area (Å²) in [5.74, 6) is 0.554. The minimum absolute atomic E-state index is 0.339. The summed E-state index contributed by atoms with van der Waals surface area (Å²) in [7, 11) is 0. The molecule has 0 saturated carbocycles. The Morgan fingerprint density at radius 3 is 2.50 bits per heavy atom. The molecule has 3 aromatic heterocycles. The van der Waals surface area contributed by atoms with Gasteiger partial charge in [0, 0.05) is 92.0 Å². The van der Waals surface area contributed by atoms with Gasteiger partial charge in [-0.05, 0) is 49.4 Å². The molecule has 9 nitrogen and oxygen atoms in total. The SMILES string of the molecule is CCn1cc(-c2ccnc(Nc3ccc(N4CCN(CC5(C)COC5)CC4)cc3)n2)c(-c2cccnc2)n1. The maximum absolute atomic E-state index is 5.42. The Balaban J connectivity index is 1.12.